The molecule has 0 radical (unpaired) electrons. The SMILES string of the molecule is C[C@H](C(=O)NC1CCCC1)N(Cc1ccc(F)cc1)C(=O)CN(c1ccc(Oc2ccccc2)cc1)S(=O)(=O)c1ccccc1. The van der Waals surface area contributed by atoms with Crippen LogP contribution in [-0.2, 0) is 26.2 Å². The second-order valence-corrected chi connectivity index (χ2v) is 12.9. The van der Waals surface area contributed by atoms with Gasteiger partial charge in [-0.05, 0) is 86.0 Å². The molecule has 4 aromatic rings. The van der Waals surface area contributed by atoms with Crippen molar-refractivity contribution in [3.8, 4) is 11.5 Å². The number of nitrogens with zero attached hydrogens (tertiary/aromatic N) is 2. The minimum atomic E-state index is -4.20. The van der Waals surface area contributed by atoms with Gasteiger partial charge in [-0.25, -0.2) is 12.8 Å². The third-order valence-corrected chi connectivity index (χ3v) is 9.64. The Morgan fingerprint density at radius 2 is 1.42 bits per heavy atom. The van der Waals surface area contributed by atoms with Crippen molar-refractivity contribution in [2.24, 2.45) is 0 Å². The van der Waals surface area contributed by atoms with Crippen molar-refractivity contribution in [2.45, 2.75) is 56.1 Å². The quantitative estimate of drug-likeness (QED) is 0.199. The molecule has 0 saturated heterocycles. The van der Waals surface area contributed by atoms with Gasteiger partial charge in [-0.1, -0.05) is 61.4 Å². The third-order valence-electron chi connectivity index (χ3n) is 7.85. The number of anilines is 1. The van der Waals surface area contributed by atoms with Crippen LogP contribution in [0.4, 0.5) is 10.1 Å². The summed E-state index contributed by atoms with van der Waals surface area (Å²) in [6.07, 6.45) is 3.80. The Bertz CT molecular complexity index is 1680. The third kappa shape index (κ3) is 8.07. The molecular formula is C35H36FN3O5S. The molecule has 8 nitrogen and oxygen atoms in total. The molecule has 0 aliphatic heterocycles. The summed E-state index contributed by atoms with van der Waals surface area (Å²) in [4.78, 5) is 28.8. The maximum absolute atomic E-state index is 14.1. The lowest BCUT2D eigenvalue weighted by Gasteiger charge is -2.32. The van der Waals surface area contributed by atoms with Crippen molar-refractivity contribution in [1.29, 1.82) is 0 Å². The van der Waals surface area contributed by atoms with Gasteiger partial charge < -0.3 is 15.0 Å². The zero-order valence-corrected chi connectivity index (χ0v) is 25.8. The van der Waals surface area contributed by atoms with Crippen LogP contribution in [-0.4, -0.2) is 43.8 Å². The highest BCUT2D eigenvalue weighted by molar-refractivity contribution is 7.92. The number of amides is 2. The summed E-state index contributed by atoms with van der Waals surface area (Å²) >= 11 is 0. The number of hydrogen-bond acceptors (Lipinski definition) is 5. The summed E-state index contributed by atoms with van der Waals surface area (Å²) in [5.41, 5.74) is 0.850. The number of benzene rings is 4. The Labute approximate surface area is 263 Å². The first-order chi connectivity index (χ1) is 21.7. The van der Waals surface area contributed by atoms with Crippen LogP contribution < -0.4 is 14.4 Å². The molecule has 234 valence electrons. The van der Waals surface area contributed by atoms with Crippen LogP contribution in [0.15, 0.2) is 114 Å². The largest absolute Gasteiger partial charge is 0.457 e. The molecular weight excluding hydrogens is 593 g/mol. The van der Waals surface area contributed by atoms with Crippen LogP contribution in [0, 0.1) is 5.82 Å². The summed E-state index contributed by atoms with van der Waals surface area (Å²) in [5.74, 6) is -0.225. The molecule has 4 aromatic carbocycles. The standard InChI is InChI=1S/C35H36FN3O5S/c1-26(35(41)37-29-10-8-9-11-29)38(24-27-16-18-28(36)19-17-27)34(40)25-39(45(42,43)33-14-6-3-7-15-33)30-20-22-32(23-21-30)44-31-12-4-2-5-13-31/h2-7,12-23,26,29H,8-11,24-25H2,1H3,(H,37,41)/t26-/m1/s1. The topological polar surface area (TPSA) is 96.0 Å². The van der Waals surface area contributed by atoms with Crippen LogP contribution in [0.2, 0.25) is 0 Å². The number of sulfonamides is 1. The first kappa shape index (κ1) is 31.7. The van der Waals surface area contributed by atoms with Crippen molar-refractivity contribution in [3.05, 3.63) is 121 Å². The van der Waals surface area contributed by atoms with E-state index >= 15 is 0 Å². The molecule has 5 rings (SSSR count). The van der Waals surface area contributed by atoms with E-state index in [0.717, 1.165) is 30.0 Å². The van der Waals surface area contributed by atoms with Gasteiger partial charge in [0, 0.05) is 12.6 Å². The predicted octanol–water partition coefficient (Wildman–Crippen LogP) is 6.29. The van der Waals surface area contributed by atoms with Crippen molar-refractivity contribution < 1.29 is 27.1 Å². The van der Waals surface area contributed by atoms with E-state index in [1.54, 1.807) is 73.7 Å². The summed E-state index contributed by atoms with van der Waals surface area (Å²) in [6.45, 7) is 1.04. The fraction of sp³-hybridized carbons (Fsp3) is 0.257. The van der Waals surface area contributed by atoms with Gasteiger partial charge in [-0.15, -0.1) is 0 Å². The smallest absolute Gasteiger partial charge is 0.264 e. The van der Waals surface area contributed by atoms with E-state index in [0.29, 0.717) is 17.1 Å². The monoisotopic (exact) mass is 629 g/mol. The fourth-order valence-electron chi connectivity index (χ4n) is 5.31. The van der Waals surface area contributed by atoms with E-state index in [9.17, 15) is 22.4 Å². The van der Waals surface area contributed by atoms with Gasteiger partial charge in [0.15, 0.2) is 0 Å². The van der Waals surface area contributed by atoms with Gasteiger partial charge in [0.2, 0.25) is 11.8 Å². The van der Waals surface area contributed by atoms with Gasteiger partial charge in [0.25, 0.3) is 10.0 Å². The highest BCUT2D eigenvalue weighted by Gasteiger charge is 2.33. The molecule has 0 spiro atoms. The Kier molecular flexibility index (Phi) is 10.1. The molecule has 1 fully saturated rings. The van der Waals surface area contributed by atoms with Crippen LogP contribution in [0.1, 0.15) is 38.2 Å². The van der Waals surface area contributed by atoms with Crippen molar-refractivity contribution in [2.75, 3.05) is 10.8 Å². The average molecular weight is 630 g/mol. The van der Waals surface area contributed by atoms with E-state index in [4.69, 9.17) is 4.74 Å². The number of hydrogen-bond donors (Lipinski definition) is 1. The fourth-order valence-corrected chi connectivity index (χ4v) is 6.75. The minimum absolute atomic E-state index is 0.0125. The summed E-state index contributed by atoms with van der Waals surface area (Å²) in [6, 6.07) is 28.2. The predicted molar refractivity (Wildman–Crippen MR) is 171 cm³/mol. The molecule has 2 amide bonds. The summed E-state index contributed by atoms with van der Waals surface area (Å²) in [5, 5.41) is 3.04. The zero-order valence-electron chi connectivity index (χ0n) is 25.0. The minimum Gasteiger partial charge on any atom is -0.457 e. The van der Waals surface area contributed by atoms with Gasteiger partial charge in [0.05, 0.1) is 10.6 Å². The summed E-state index contributed by atoms with van der Waals surface area (Å²) in [7, 11) is -4.20. The molecule has 45 heavy (non-hydrogen) atoms. The Hall–Kier alpha value is -4.70. The molecule has 1 aliphatic carbocycles. The number of carbonyl (C=O) groups excluding carboxylic acids is 2. The molecule has 1 saturated carbocycles. The molecule has 1 N–H and O–H groups in total. The number of para-hydroxylation sites is 1. The molecule has 0 heterocycles. The number of rotatable bonds is 12. The van der Waals surface area contributed by atoms with Crippen LogP contribution in [0.5, 0.6) is 11.5 Å². The molecule has 1 aliphatic rings. The number of nitrogens with one attached hydrogen (secondary N) is 1. The Balaban J connectivity index is 1.45. The lowest BCUT2D eigenvalue weighted by atomic mass is 10.1. The van der Waals surface area contributed by atoms with Gasteiger partial charge in [0.1, 0.15) is 29.9 Å². The van der Waals surface area contributed by atoms with E-state index in [1.807, 2.05) is 18.2 Å². The van der Waals surface area contributed by atoms with Gasteiger partial charge >= 0.3 is 0 Å². The Morgan fingerprint density at radius 3 is 2.04 bits per heavy atom. The van der Waals surface area contributed by atoms with Crippen molar-refractivity contribution in [1.82, 2.24) is 10.2 Å². The summed E-state index contributed by atoms with van der Waals surface area (Å²) < 4.78 is 48.6. The van der Waals surface area contributed by atoms with E-state index in [1.165, 1.54) is 29.2 Å². The maximum atomic E-state index is 14.1. The highest BCUT2D eigenvalue weighted by Crippen LogP contribution is 2.29. The number of ether oxygens (including phenoxy) is 1. The van der Waals surface area contributed by atoms with Crippen molar-refractivity contribution in [3.63, 3.8) is 0 Å². The van der Waals surface area contributed by atoms with Gasteiger partial charge in [-0.2, -0.15) is 0 Å². The van der Waals surface area contributed by atoms with E-state index in [2.05, 4.69) is 5.32 Å². The van der Waals surface area contributed by atoms with Crippen LogP contribution in [0.25, 0.3) is 0 Å². The second kappa shape index (κ2) is 14.4. The van der Waals surface area contributed by atoms with Crippen LogP contribution >= 0.6 is 0 Å². The van der Waals surface area contributed by atoms with E-state index in [-0.39, 0.29) is 29.1 Å². The maximum Gasteiger partial charge on any atom is 0.264 e. The number of carbonyl (C=O) groups is 2. The molecule has 0 bridgehead atoms. The van der Waals surface area contributed by atoms with E-state index < -0.39 is 34.3 Å². The molecule has 10 heteroatoms. The number of halogens is 1. The normalized spacial score (nSPS) is 14.0. The lowest BCUT2D eigenvalue weighted by molar-refractivity contribution is -0.139. The first-order valence-corrected chi connectivity index (χ1v) is 16.4. The van der Waals surface area contributed by atoms with Crippen LogP contribution in [0.3, 0.4) is 0 Å². The molecule has 1 atom stereocenters. The highest BCUT2D eigenvalue weighted by atomic mass is 32.2. The van der Waals surface area contributed by atoms with Crippen molar-refractivity contribution >= 4 is 27.5 Å². The first-order valence-electron chi connectivity index (χ1n) is 15.0. The Morgan fingerprint density at radius 1 is 0.844 bits per heavy atom. The van der Waals surface area contributed by atoms with Gasteiger partial charge in [-0.3, -0.25) is 13.9 Å². The molecule has 0 unspecified atom stereocenters. The average Bonchev–Trinajstić information content (AvgIpc) is 3.57. The molecule has 0 aromatic heterocycles. The lowest BCUT2D eigenvalue weighted by Crippen LogP contribution is -2.52. The zero-order chi connectivity index (χ0) is 31.8. The second-order valence-electron chi connectivity index (χ2n) is 11.0.